The molecule has 0 radical (unpaired) electrons. The molecule has 1 unspecified atom stereocenters. The molecule has 268 valence electrons. The van der Waals surface area contributed by atoms with E-state index in [0.717, 1.165) is 62.6 Å². The Kier molecular flexibility index (Phi) is 12.3. The summed E-state index contributed by atoms with van der Waals surface area (Å²) in [5.41, 5.74) is 7.78. The maximum atomic E-state index is 13.8. The molecule has 0 aliphatic heterocycles. The van der Waals surface area contributed by atoms with Gasteiger partial charge in [0.2, 0.25) is 0 Å². The van der Waals surface area contributed by atoms with Crippen LogP contribution >= 0.6 is 0 Å². The predicted molar refractivity (Wildman–Crippen MR) is 183 cm³/mol. The van der Waals surface area contributed by atoms with E-state index in [4.69, 9.17) is 0 Å². The smallest absolute Gasteiger partial charge is 1.00 e. The van der Waals surface area contributed by atoms with Gasteiger partial charge in [-0.2, -0.15) is 0 Å². The molecule has 51 heavy (non-hydrogen) atoms. The molecule has 6 rings (SSSR count). The van der Waals surface area contributed by atoms with E-state index in [1.54, 1.807) is 0 Å². The molecule has 0 amide bonds. The van der Waals surface area contributed by atoms with Gasteiger partial charge in [-0.1, -0.05) is 0 Å². The Hall–Kier alpha value is -2.73. The van der Waals surface area contributed by atoms with Crippen molar-refractivity contribution >= 4 is 3.21 Å². The number of rotatable bonds is 6. The van der Waals surface area contributed by atoms with Crippen molar-refractivity contribution in [1.82, 2.24) is 0 Å². The van der Waals surface area contributed by atoms with E-state index in [0.29, 0.717) is 11.1 Å². The summed E-state index contributed by atoms with van der Waals surface area (Å²) in [4.78, 5) is 0. The second-order valence-corrected chi connectivity index (χ2v) is 20.5. The van der Waals surface area contributed by atoms with Crippen LogP contribution in [0.4, 0.5) is 26.3 Å². The van der Waals surface area contributed by atoms with Gasteiger partial charge in [0, 0.05) is 0 Å². The van der Waals surface area contributed by atoms with Crippen LogP contribution in [0.3, 0.4) is 0 Å². The Balaban J connectivity index is 0.00000292. The molecule has 1 atom stereocenters. The first-order valence-corrected chi connectivity index (χ1v) is 20.6. The minimum Gasteiger partial charge on any atom is -1.00 e. The van der Waals surface area contributed by atoms with Gasteiger partial charge in [-0.3, -0.25) is 0 Å². The van der Waals surface area contributed by atoms with Crippen molar-refractivity contribution in [3.05, 3.63) is 150 Å². The van der Waals surface area contributed by atoms with Gasteiger partial charge in [0.15, 0.2) is 0 Å². The Morgan fingerprint density at radius 3 is 1.45 bits per heavy atom. The van der Waals surface area contributed by atoms with E-state index in [1.165, 1.54) is 44.2 Å². The Labute approximate surface area is 317 Å². The first kappa shape index (κ1) is 41.0. The van der Waals surface area contributed by atoms with Crippen LogP contribution in [0.25, 0.3) is 11.1 Å². The molecule has 4 aromatic rings. The molecule has 0 fully saturated rings. The molecular formula is C42H40Cl2F6Zr. The van der Waals surface area contributed by atoms with Gasteiger partial charge in [-0.15, -0.1) is 0 Å². The monoisotopic (exact) mass is 818 g/mol. The second-order valence-electron chi connectivity index (χ2n) is 14.4. The van der Waals surface area contributed by atoms with Crippen LogP contribution in [0.2, 0.25) is 0 Å². The molecule has 0 saturated heterocycles. The van der Waals surface area contributed by atoms with E-state index in [2.05, 4.69) is 90.1 Å². The summed E-state index contributed by atoms with van der Waals surface area (Å²) in [5, 5.41) is 0. The Bertz CT molecular complexity index is 1880. The third kappa shape index (κ3) is 8.27. The van der Waals surface area contributed by atoms with Crippen molar-refractivity contribution in [1.29, 1.82) is 0 Å². The quantitative estimate of drug-likeness (QED) is 0.193. The molecule has 0 N–H and O–H groups in total. The Morgan fingerprint density at radius 1 is 0.647 bits per heavy atom. The molecule has 4 aromatic carbocycles. The van der Waals surface area contributed by atoms with Gasteiger partial charge < -0.3 is 24.8 Å². The minimum atomic E-state index is -4.52. The van der Waals surface area contributed by atoms with Crippen molar-refractivity contribution in [2.45, 2.75) is 70.4 Å². The number of allylic oxidation sites excluding steroid dienone is 4. The van der Waals surface area contributed by atoms with Crippen molar-refractivity contribution in [2.24, 2.45) is 11.3 Å². The zero-order valence-corrected chi connectivity index (χ0v) is 33.3. The summed E-state index contributed by atoms with van der Waals surface area (Å²) in [5.74, 6) is 0.134. The van der Waals surface area contributed by atoms with Gasteiger partial charge in [0.25, 0.3) is 0 Å². The molecule has 2 aliphatic carbocycles. The fourth-order valence-corrected chi connectivity index (χ4v) is 16.9. The number of fused-ring (bicyclic) bond motifs is 3. The summed E-state index contributed by atoms with van der Waals surface area (Å²) in [6.45, 7) is 12.9. The molecule has 9 heteroatoms. The third-order valence-electron chi connectivity index (χ3n) is 9.75. The van der Waals surface area contributed by atoms with Crippen LogP contribution in [0.15, 0.2) is 106 Å². The van der Waals surface area contributed by atoms with Gasteiger partial charge in [-0.25, -0.2) is 0 Å². The SMILES string of the molecule is CCCC1C=C(C(C)(C)C)C=[C]1[Zr+2](=[C](c1ccc(C(F)(F)F)cc1)c1ccc(C(F)(F)F)cc1)[CH]1c2cc(C)ccc2-c2ccc(C)cc21.[Cl-].[Cl-]. The molecule has 0 bridgehead atoms. The fraction of sp³-hybridized carbons (Fsp3) is 0.310. The van der Waals surface area contributed by atoms with E-state index >= 15 is 0 Å². The van der Waals surface area contributed by atoms with Crippen LogP contribution in [0.1, 0.15) is 88.7 Å². The van der Waals surface area contributed by atoms with Crippen LogP contribution in [-0.4, -0.2) is 3.21 Å². The zero-order valence-electron chi connectivity index (χ0n) is 29.3. The maximum absolute atomic E-state index is 13.8. The van der Waals surface area contributed by atoms with E-state index in [1.807, 2.05) is 0 Å². The first-order chi connectivity index (χ1) is 23.0. The largest absolute Gasteiger partial charge is 1.00 e. The van der Waals surface area contributed by atoms with E-state index in [-0.39, 0.29) is 39.8 Å². The molecule has 2 aliphatic rings. The topological polar surface area (TPSA) is 0 Å². The summed E-state index contributed by atoms with van der Waals surface area (Å²) >= 11 is -3.48. The average molecular weight is 821 g/mol. The van der Waals surface area contributed by atoms with Gasteiger partial charge in [-0.05, 0) is 0 Å². The van der Waals surface area contributed by atoms with Crippen molar-refractivity contribution in [3.8, 4) is 11.1 Å². The van der Waals surface area contributed by atoms with Crippen molar-refractivity contribution in [3.63, 3.8) is 0 Å². The first-order valence-electron chi connectivity index (χ1n) is 16.7. The molecule has 0 aromatic heterocycles. The number of alkyl halides is 6. The Morgan fingerprint density at radius 2 is 1.08 bits per heavy atom. The molecule has 0 saturated carbocycles. The fourth-order valence-electron chi connectivity index (χ4n) is 7.32. The summed E-state index contributed by atoms with van der Waals surface area (Å²) < 4.78 is 85.2. The molecule has 0 spiro atoms. The van der Waals surface area contributed by atoms with Crippen LogP contribution < -0.4 is 24.8 Å². The maximum Gasteiger partial charge on any atom is -1.00 e. The van der Waals surface area contributed by atoms with Crippen LogP contribution in [0, 0.1) is 25.2 Å². The van der Waals surface area contributed by atoms with Gasteiger partial charge in [0.1, 0.15) is 0 Å². The normalized spacial score (nSPS) is 15.5. The molecular weight excluding hydrogens is 781 g/mol. The number of hydrogen-bond acceptors (Lipinski definition) is 0. The zero-order chi connectivity index (χ0) is 35.5. The van der Waals surface area contributed by atoms with Gasteiger partial charge >= 0.3 is 294 Å². The number of aryl methyl sites for hydroxylation is 2. The van der Waals surface area contributed by atoms with Crippen LogP contribution in [-0.2, 0) is 33.6 Å². The standard InChI is InChI=1S/C15H8F6.C15H13.C12H19.2ClH.Zr/c16-14(17,18)12-5-1-10(2-6-12)9-11-3-7-13(8-4-11)15(19,20)21;1-10-3-5-14-12(7-10)9-13-8-11(2)4-6-15(13)14;1-5-6-10-7-8-11(9-10)12(2,3)4;;;/h1-8H;3-9H,1-2H3;8-10H,5-6H2,1-4H3;2*1H;/q;;;;;+2/p-2. The summed E-state index contributed by atoms with van der Waals surface area (Å²) in [6.07, 6.45) is -2.45. The molecule has 0 nitrogen and oxygen atoms in total. The number of benzene rings is 4. The predicted octanol–water partition coefficient (Wildman–Crippen LogP) is 6.59. The second kappa shape index (κ2) is 15.3. The third-order valence-corrected chi connectivity index (χ3v) is 18.2. The molecule has 0 heterocycles. The van der Waals surface area contributed by atoms with Crippen molar-refractivity contribution < 1.29 is 72.4 Å². The van der Waals surface area contributed by atoms with Crippen LogP contribution in [0.5, 0.6) is 0 Å². The van der Waals surface area contributed by atoms with Crippen molar-refractivity contribution in [2.75, 3.05) is 0 Å². The summed E-state index contributed by atoms with van der Waals surface area (Å²) in [7, 11) is 0. The average Bonchev–Trinajstić information content (AvgIpc) is 3.58. The van der Waals surface area contributed by atoms with Gasteiger partial charge in [0.05, 0.1) is 0 Å². The number of halogens is 8. The van der Waals surface area contributed by atoms with E-state index < -0.39 is 44.7 Å². The number of hydrogen-bond donors (Lipinski definition) is 0. The van der Waals surface area contributed by atoms with E-state index in [9.17, 15) is 26.3 Å². The summed E-state index contributed by atoms with van der Waals surface area (Å²) in [6, 6.07) is 23.6. The minimum absolute atomic E-state index is 0.